The lowest BCUT2D eigenvalue weighted by Gasteiger charge is -2.46. The molecule has 0 spiro atoms. The van der Waals surface area contributed by atoms with E-state index in [1.165, 1.54) is 0 Å². The van der Waals surface area contributed by atoms with Crippen LogP contribution in [0.25, 0.3) is 0 Å². The van der Waals surface area contributed by atoms with Crippen LogP contribution < -0.4 is 0 Å². The largest absolute Gasteiger partial charge is 0.386 e. The third-order valence-corrected chi connectivity index (χ3v) is 5.31. The van der Waals surface area contributed by atoms with Crippen LogP contribution in [0.3, 0.4) is 0 Å². The molecule has 1 atom stereocenters. The lowest BCUT2D eigenvalue weighted by atomic mass is 9.60. The first kappa shape index (κ1) is 14.8. The Kier molecular flexibility index (Phi) is 3.96. The number of halogens is 2. The molecule has 4 heteroatoms. The maximum atomic E-state index is 10.9. The highest BCUT2D eigenvalue weighted by Crippen LogP contribution is 2.52. The molecule has 1 aliphatic carbocycles. The molecule has 1 N–H and O–H groups in total. The first-order chi connectivity index (χ1) is 10.0. The van der Waals surface area contributed by atoms with Gasteiger partial charge in [-0.05, 0) is 49.1 Å². The molecule has 1 aromatic heterocycles. The van der Waals surface area contributed by atoms with Crippen molar-refractivity contribution in [3.8, 4) is 0 Å². The maximum Gasteiger partial charge on any atom is 0.106 e. The number of hydrogen-bond acceptors (Lipinski definition) is 2. The molecular weight excluding hydrogens is 305 g/mol. The van der Waals surface area contributed by atoms with Gasteiger partial charge in [-0.3, -0.25) is 4.98 Å². The van der Waals surface area contributed by atoms with Crippen molar-refractivity contribution in [1.29, 1.82) is 0 Å². The molecule has 0 radical (unpaired) electrons. The number of aromatic nitrogens is 1. The van der Waals surface area contributed by atoms with Gasteiger partial charge in [0, 0.05) is 11.6 Å². The van der Waals surface area contributed by atoms with Crippen LogP contribution in [-0.4, -0.2) is 10.1 Å². The van der Waals surface area contributed by atoms with Crippen LogP contribution in [-0.2, 0) is 5.41 Å². The third-order valence-electron chi connectivity index (χ3n) is 4.57. The molecule has 110 valence electrons. The first-order valence-electron chi connectivity index (χ1n) is 7.10. The zero-order valence-electron chi connectivity index (χ0n) is 11.8. The van der Waals surface area contributed by atoms with Crippen LogP contribution >= 0.6 is 23.2 Å². The minimum absolute atomic E-state index is 0.298. The molecule has 0 saturated heterocycles. The molecule has 1 aliphatic rings. The number of benzene rings is 1. The molecule has 2 nitrogen and oxygen atoms in total. The zero-order valence-corrected chi connectivity index (χ0v) is 13.3. The molecule has 1 saturated carbocycles. The van der Waals surface area contributed by atoms with E-state index in [1.807, 2.05) is 31.2 Å². The second-order valence-electron chi connectivity index (χ2n) is 5.75. The zero-order chi connectivity index (χ0) is 15.0. The Morgan fingerprint density at radius 2 is 1.95 bits per heavy atom. The predicted octanol–water partition coefficient (Wildman–Crippen LogP) is 4.85. The number of rotatable bonds is 3. The predicted molar refractivity (Wildman–Crippen MR) is 85.9 cm³/mol. The van der Waals surface area contributed by atoms with Gasteiger partial charge in [0.2, 0.25) is 0 Å². The molecule has 1 fully saturated rings. The molecule has 0 bridgehead atoms. The van der Waals surface area contributed by atoms with Gasteiger partial charge >= 0.3 is 0 Å². The maximum absolute atomic E-state index is 10.9. The van der Waals surface area contributed by atoms with Gasteiger partial charge in [0.1, 0.15) is 6.10 Å². The van der Waals surface area contributed by atoms with Crippen molar-refractivity contribution in [3.63, 3.8) is 0 Å². The van der Waals surface area contributed by atoms with Gasteiger partial charge < -0.3 is 5.11 Å². The SMILES string of the molecule is Cc1cccnc1[C@@H](O)C1(c2ccc(Cl)c(Cl)c2)CCC1. The van der Waals surface area contributed by atoms with Crippen molar-refractivity contribution >= 4 is 23.2 Å². The van der Waals surface area contributed by atoms with Gasteiger partial charge in [-0.25, -0.2) is 0 Å². The monoisotopic (exact) mass is 321 g/mol. The van der Waals surface area contributed by atoms with Crippen molar-refractivity contribution in [2.75, 3.05) is 0 Å². The van der Waals surface area contributed by atoms with E-state index in [-0.39, 0.29) is 5.41 Å². The van der Waals surface area contributed by atoms with E-state index in [2.05, 4.69) is 4.98 Å². The number of aliphatic hydroxyl groups excluding tert-OH is 1. The van der Waals surface area contributed by atoms with E-state index >= 15 is 0 Å². The molecular formula is C17H17Cl2NO. The minimum Gasteiger partial charge on any atom is -0.386 e. The van der Waals surface area contributed by atoms with Gasteiger partial charge in [0.15, 0.2) is 0 Å². The van der Waals surface area contributed by atoms with E-state index in [0.29, 0.717) is 10.0 Å². The summed E-state index contributed by atoms with van der Waals surface area (Å²) in [6, 6.07) is 9.52. The van der Waals surface area contributed by atoms with Crippen LogP contribution in [0.4, 0.5) is 0 Å². The number of nitrogens with zero attached hydrogens (tertiary/aromatic N) is 1. The highest BCUT2D eigenvalue weighted by Gasteiger charge is 2.46. The molecule has 21 heavy (non-hydrogen) atoms. The lowest BCUT2D eigenvalue weighted by Crippen LogP contribution is -2.41. The summed E-state index contributed by atoms with van der Waals surface area (Å²) in [4.78, 5) is 4.38. The van der Waals surface area contributed by atoms with Crippen LogP contribution in [0.2, 0.25) is 10.0 Å². The summed E-state index contributed by atoms with van der Waals surface area (Å²) in [7, 11) is 0. The molecule has 0 unspecified atom stereocenters. The summed E-state index contributed by atoms with van der Waals surface area (Å²) >= 11 is 12.2. The molecule has 1 aromatic carbocycles. The van der Waals surface area contributed by atoms with Crippen molar-refractivity contribution in [1.82, 2.24) is 4.98 Å². The van der Waals surface area contributed by atoms with Gasteiger partial charge in [-0.2, -0.15) is 0 Å². The normalized spacial score (nSPS) is 18.1. The van der Waals surface area contributed by atoms with Crippen molar-refractivity contribution < 1.29 is 5.11 Å². The van der Waals surface area contributed by atoms with Crippen molar-refractivity contribution in [3.05, 3.63) is 63.4 Å². The third kappa shape index (κ3) is 2.46. The fourth-order valence-electron chi connectivity index (χ4n) is 3.13. The topological polar surface area (TPSA) is 33.1 Å². The molecule has 0 amide bonds. The average molecular weight is 322 g/mol. The Balaban J connectivity index is 2.04. The van der Waals surface area contributed by atoms with Crippen molar-refractivity contribution in [2.45, 2.75) is 37.7 Å². The van der Waals surface area contributed by atoms with Crippen LogP contribution in [0.15, 0.2) is 36.5 Å². The Morgan fingerprint density at radius 3 is 2.52 bits per heavy atom. The quantitative estimate of drug-likeness (QED) is 0.876. The Bertz CT molecular complexity index is 668. The average Bonchev–Trinajstić information content (AvgIpc) is 2.42. The molecule has 3 rings (SSSR count). The second-order valence-corrected chi connectivity index (χ2v) is 6.56. The summed E-state index contributed by atoms with van der Waals surface area (Å²) in [5.74, 6) is 0. The van der Waals surface area contributed by atoms with Crippen LogP contribution in [0.5, 0.6) is 0 Å². The molecule has 0 aliphatic heterocycles. The summed E-state index contributed by atoms with van der Waals surface area (Å²) in [6.07, 6.45) is 4.07. The van der Waals surface area contributed by atoms with Gasteiger partial charge in [0.05, 0.1) is 15.7 Å². The molecule has 2 aromatic rings. The highest BCUT2D eigenvalue weighted by atomic mass is 35.5. The summed E-state index contributed by atoms with van der Waals surface area (Å²) in [5.41, 5.74) is 2.51. The number of aryl methyl sites for hydroxylation is 1. The number of pyridine rings is 1. The van der Waals surface area contributed by atoms with E-state index in [9.17, 15) is 5.11 Å². The number of aliphatic hydroxyl groups is 1. The standard InChI is InChI=1S/C17H17Cl2NO/c1-11-4-2-9-20-15(11)16(21)17(7-3-8-17)12-5-6-13(18)14(19)10-12/h2,4-6,9-10,16,21H,3,7-8H2,1H3/t16-/m1/s1. The summed E-state index contributed by atoms with van der Waals surface area (Å²) in [5, 5.41) is 12.0. The van der Waals surface area contributed by atoms with Gasteiger partial charge in [0.25, 0.3) is 0 Å². The van der Waals surface area contributed by atoms with E-state index in [4.69, 9.17) is 23.2 Å². The Hall–Kier alpha value is -1.09. The minimum atomic E-state index is -0.621. The summed E-state index contributed by atoms with van der Waals surface area (Å²) < 4.78 is 0. The number of hydrogen-bond donors (Lipinski definition) is 1. The summed E-state index contributed by atoms with van der Waals surface area (Å²) in [6.45, 7) is 1.98. The smallest absolute Gasteiger partial charge is 0.106 e. The van der Waals surface area contributed by atoms with E-state index < -0.39 is 6.10 Å². The van der Waals surface area contributed by atoms with Crippen molar-refractivity contribution in [2.24, 2.45) is 0 Å². The second kappa shape index (κ2) is 5.60. The Labute approximate surface area is 134 Å². The van der Waals surface area contributed by atoms with Gasteiger partial charge in [-0.1, -0.05) is 41.8 Å². The van der Waals surface area contributed by atoms with Crippen LogP contribution in [0, 0.1) is 6.92 Å². The first-order valence-corrected chi connectivity index (χ1v) is 7.85. The van der Waals surface area contributed by atoms with E-state index in [0.717, 1.165) is 36.1 Å². The van der Waals surface area contributed by atoms with Crippen LogP contribution in [0.1, 0.15) is 42.2 Å². The van der Waals surface area contributed by atoms with E-state index in [1.54, 1.807) is 12.3 Å². The highest BCUT2D eigenvalue weighted by molar-refractivity contribution is 6.42. The Morgan fingerprint density at radius 1 is 1.19 bits per heavy atom. The molecule has 1 heterocycles. The fraction of sp³-hybridized carbons (Fsp3) is 0.353. The lowest BCUT2D eigenvalue weighted by molar-refractivity contribution is 0.0233. The van der Waals surface area contributed by atoms with Gasteiger partial charge in [-0.15, -0.1) is 0 Å². The fourth-order valence-corrected chi connectivity index (χ4v) is 3.43.